The van der Waals surface area contributed by atoms with Crippen LogP contribution in [0.3, 0.4) is 0 Å². The van der Waals surface area contributed by atoms with E-state index in [1.165, 1.54) is 11.7 Å². The highest BCUT2D eigenvalue weighted by molar-refractivity contribution is 9.10. The SMILES string of the molecule is [B]c1cc2c(Br)cc(C(=O)OC)cc2n1C(=O)OC(C)(C)C. The van der Waals surface area contributed by atoms with Crippen molar-refractivity contribution in [1.29, 1.82) is 0 Å². The van der Waals surface area contributed by atoms with Crippen LogP contribution in [0.5, 0.6) is 0 Å². The van der Waals surface area contributed by atoms with E-state index in [-0.39, 0.29) is 5.59 Å². The van der Waals surface area contributed by atoms with Crippen molar-refractivity contribution in [3.63, 3.8) is 0 Å². The third kappa shape index (κ3) is 3.19. The highest BCUT2D eigenvalue weighted by atomic mass is 79.9. The van der Waals surface area contributed by atoms with E-state index in [0.717, 1.165) is 0 Å². The van der Waals surface area contributed by atoms with E-state index in [2.05, 4.69) is 15.9 Å². The van der Waals surface area contributed by atoms with E-state index in [4.69, 9.17) is 17.3 Å². The van der Waals surface area contributed by atoms with Gasteiger partial charge in [0.25, 0.3) is 0 Å². The third-order valence-electron chi connectivity index (χ3n) is 2.90. The number of esters is 1. The van der Waals surface area contributed by atoms with Crippen molar-refractivity contribution in [3.8, 4) is 0 Å². The molecule has 5 nitrogen and oxygen atoms in total. The maximum atomic E-state index is 12.3. The van der Waals surface area contributed by atoms with Crippen LogP contribution in [0.1, 0.15) is 31.1 Å². The van der Waals surface area contributed by atoms with Gasteiger partial charge < -0.3 is 9.47 Å². The molecule has 0 fully saturated rings. The van der Waals surface area contributed by atoms with Crippen molar-refractivity contribution in [2.45, 2.75) is 26.4 Å². The first kappa shape index (κ1) is 16.6. The minimum absolute atomic E-state index is 0.229. The molecule has 0 saturated carbocycles. The molecule has 0 aliphatic carbocycles. The third-order valence-corrected chi connectivity index (χ3v) is 3.55. The van der Waals surface area contributed by atoms with Gasteiger partial charge in [0, 0.05) is 9.86 Å². The van der Waals surface area contributed by atoms with Gasteiger partial charge in [-0.05, 0) is 44.6 Å². The summed E-state index contributed by atoms with van der Waals surface area (Å²) in [5.74, 6) is -0.502. The van der Waals surface area contributed by atoms with E-state index in [9.17, 15) is 9.59 Å². The summed E-state index contributed by atoms with van der Waals surface area (Å²) < 4.78 is 11.9. The number of methoxy groups -OCH3 is 1. The summed E-state index contributed by atoms with van der Waals surface area (Å²) in [5.41, 5.74) is 0.357. The molecule has 0 amide bonds. The Morgan fingerprint density at radius 3 is 2.41 bits per heavy atom. The summed E-state index contributed by atoms with van der Waals surface area (Å²) >= 11 is 3.37. The van der Waals surface area contributed by atoms with Crippen LogP contribution in [0.4, 0.5) is 4.79 Å². The molecule has 0 unspecified atom stereocenters. The number of benzene rings is 1. The Bertz CT molecular complexity index is 761. The largest absolute Gasteiger partial charge is 0.465 e. The maximum Gasteiger partial charge on any atom is 0.418 e. The quantitative estimate of drug-likeness (QED) is 0.577. The molecule has 114 valence electrons. The zero-order valence-electron chi connectivity index (χ0n) is 12.8. The number of hydrogen-bond acceptors (Lipinski definition) is 4. The van der Waals surface area contributed by atoms with Gasteiger partial charge >= 0.3 is 12.1 Å². The second-order valence-electron chi connectivity index (χ2n) is 5.77. The second-order valence-corrected chi connectivity index (χ2v) is 6.62. The molecule has 1 aromatic carbocycles. The normalized spacial score (nSPS) is 11.5. The van der Waals surface area contributed by atoms with Gasteiger partial charge in [-0.15, -0.1) is 0 Å². The summed E-state index contributed by atoms with van der Waals surface area (Å²) in [6.07, 6.45) is -0.603. The minimum Gasteiger partial charge on any atom is -0.465 e. The molecule has 7 heteroatoms. The highest BCUT2D eigenvalue weighted by Crippen LogP contribution is 2.27. The van der Waals surface area contributed by atoms with E-state index in [1.807, 2.05) is 0 Å². The van der Waals surface area contributed by atoms with Gasteiger partial charge in [0.05, 0.1) is 18.2 Å². The number of carbonyl (C=O) groups excluding carboxylic acids is 2. The monoisotopic (exact) mass is 363 g/mol. The van der Waals surface area contributed by atoms with Crippen LogP contribution in [0.25, 0.3) is 10.9 Å². The Hall–Kier alpha value is -1.76. The van der Waals surface area contributed by atoms with Crippen molar-refractivity contribution in [2.24, 2.45) is 0 Å². The molecule has 0 spiro atoms. The number of aromatic nitrogens is 1. The lowest BCUT2D eigenvalue weighted by atomic mass is 10.1. The van der Waals surface area contributed by atoms with E-state index >= 15 is 0 Å². The molecule has 0 saturated heterocycles. The fourth-order valence-corrected chi connectivity index (χ4v) is 2.59. The number of halogens is 1. The lowest BCUT2D eigenvalue weighted by Crippen LogP contribution is -2.32. The molecule has 2 radical (unpaired) electrons. The van der Waals surface area contributed by atoms with Crippen LogP contribution in [-0.2, 0) is 9.47 Å². The number of rotatable bonds is 1. The van der Waals surface area contributed by atoms with Gasteiger partial charge in [-0.25, -0.2) is 9.59 Å². The van der Waals surface area contributed by atoms with Gasteiger partial charge in [-0.3, -0.25) is 4.57 Å². The Labute approximate surface area is 138 Å². The summed E-state index contributed by atoms with van der Waals surface area (Å²) in [5, 5.41) is 0.705. The summed E-state index contributed by atoms with van der Waals surface area (Å²) in [4.78, 5) is 24.1. The molecule has 0 N–H and O–H groups in total. The molecule has 2 rings (SSSR count). The Balaban J connectivity index is 2.64. The van der Waals surface area contributed by atoms with Crippen LogP contribution in [0.15, 0.2) is 22.7 Å². The molecule has 0 aliphatic heterocycles. The van der Waals surface area contributed by atoms with Gasteiger partial charge in [0.15, 0.2) is 0 Å². The van der Waals surface area contributed by atoms with Crippen LogP contribution < -0.4 is 5.59 Å². The van der Waals surface area contributed by atoms with Crippen LogP contribution in [-0.4, -0.2) is 37.2 Å². The van der Waals surface area contributed by atoms with Crippen LogP contribution in [0, 0.1) is 0 Å². The first-order chi connectivity index (χ1) is 10.1. The fraction of sp³-hybridized carbons (Fsp3) is 0.333. The van der Waals surface area contributed by atoms with Gasteiger partial charge in [-0.1, -0.05) is 15.9 Å². The summed E-state index contributed by atoms with van der Waals surface area (Å²) in [7, 11) is 7.22. The first-order valence-corrected chi connectivity index (χ1v) is 7.35. The topological polar surface area (TPSA) is 57.5 Å². The second kappa shape index (κ2) is 5.80. The maximum absolute atomic E-state index is 12.3. The lowest BCUT2D eigenvalue weighted by molar-refractivity contribution is 0.0546. The van der Waals surface area contributed by atoms with Gasteiger partial charge in [0.2, 0.25) is 0 Å². The molecule has 22 heavy (non-hydrogen) atoms. The molecule has 0 aliphatic rings. The molecule has 0 atom stereocenters. The summed E-state index contributed by atoms with van der Waals surface area (Å²) in [6.45, 7) is 5.30. The molecule has 2 aromatic rings. The van der Waals surface area contributed by atoms with Gasteiger partial charge in [-0.2, -0.15) is 0 Å². The summed E-state index contributed by atoms with van der Waals surface area (Å²) in [6, 6.07) is 4.81. The standard InChI is InChI=1S/C15H15BBrNO4/c1-15(2,3)22-14(20)18-11-6-8(13(19)21-4)5-10(17)9(11)7-12(18)16/h5-7H,1-4H3. The number of fused-ring (bicyclic) bond motifs is 1. The fourth-order valence-electron chi connectivity index (χ4n) is 2.03. The van der Waals surface area contributed by atoms with Crippen LogP contribution >= 0.6 is 15.9 Å². The number of hydrogen-bond donors (Lipinski definition) is 0. The number of nitrogens with zero attached hydrogens (tertiary/aromatic N) is 1. The number of ether oxygens (including phenoxy) is 2. The molecule has 1 aromatic heterocycles. The first-order valence-electron chi connectivity index (χ1n) is 6.56. The van der Waals surface area contributed by atoms with Crippen molar-refractivity contribution >= 4 is 52.3 Å². The van der Waals surface area contributed by atoms with Crippen molar-refractivity contribution in [1.82, 2.24) is 4.57 Å². The minimum atomic E-state index is -0.655. The molecular weight excluding hydrogens is 349 g/mol. The van der Waals surface area contributed by atoms with Crippen molar-refractivity contribution < 1.29 is 19.1 Å². The smallest absolute Gasteiger partial charge is 0.418 e. The molecule has 0 bridgehead atoms. The highest BCUT2D eigenvalue weighted by Gasteiger charge is 2.22. The number of carbonyl (C=O) groups is 2. The predicted molar refractivity (Wildman–Crippen MR) is 88.0 cm³/mol. The average Bonchev–Trinajstić information content (AvgIpc) is 2.72. The van der Waals surface area contributed by atoms with E-state index in [1.54, 1.807) is 39.0 Å². The Morgan fingerprint density at radius 2 is 1.86 bits per heavy atom. The molecule has 1 heterocycles. The van der Waals surface area contributed by atoms with Crippen molar-refractivity contribution in [3.05, 3.63) is 28.2 Å². The zero-order chi connectivity index (χ0) is 16.7. The molecular formula is C15H15BBrNO4. The van der Waals surface area contributed by atoms with Crippen molar-refractivity contribution in [2.75, 3.05) is 7.11 Å². The zero-order valence-corrected chi connectivity index (χ0v) is 14.4. The van der Waals surface area contributed by atoms with Crippen LogP contribution in [0.2, 0.25) is 0 Å². The predicted octanol–water partition coefficient (Wildman–Crippen LogP) is 2.77. The Morgan fingerprint density at radius 1 is 1.23 bits per heavy atom. The lowest BCUT2D eigenvalue weighted by Gasteiger charge is -2.20. The Kier molecular flexibility index (Phi) is 4.38. The van der Waals surface area contributed by atoms with E-state index in [0.29, 0.717) is 20.9 Å². The average molecular weight is 364 g/mol. The van der Waals surface area contributed by atoms with Gasteiger partial charge in [0.1, 0.15) is 13.4 Å². The van der Waals surface area contributed by atoms with E-state index < -0.39 is 17.7 Å².